The zero-order valence-electron chi connectivity index (χ0n) is 18.2. The molecular formula is C23H31N3O7. The number of unbranched alkanes of at least 4 members (excludes halogenated alkanes) is 1. The van der Waals surface area contributed by atoms with Gasteiger partial charge >= 0.3 is 18.0 Å². The zero-order chi connectivity index (χ0) is 24.2. The molecule has 0 aliphatic rings. The van der Waals surface area contributed by atoms with E-state index in [1.54, 1.807) is 0 Å². The van der Waals surface area contributed by atoms with Gasteiger partial charge in [-0.15, -0.1) is 0 Å². The van der Waals surface area contributed by atoms with Gasteiger partial charge in [0.05, 0.1) is 0 Å². The first-order chi connectivity index (χ1) is 15.8. The Balaban J connectivity index is 1.73. The van der Waals surface area contributed by atoms with Gasteiger partial charge in [0.2, 0.25) is 0 Å². The molecule has 0 radical (unpaired) electrons. The number of aliphatic hydroxyl groups excluding tert-OH is 1. The number of hydrogen-bond donors (Lipinski definition) is 7. The second-order valence-electron chi connectivity index (χ2n) is 7.77. The summed E-state index contributed by atoms with van der Waals surface area (Å²) in [5.41, 5.74) is 1.18. The number of carboxylic acid groups (broad SMARTS) is 2. The number of carbonyl (C=O) groups is 3. The van der Waals surface area contributed by atoms with Crippen LogP contribution in [0, 0.1) is 0 Å². The van der Waals surface area contributed by atoms with E-state index in [1.165, 1.54) is 16.3 Å². The fourth-order valence-corrected chi connectivity index (χ4v) is 3.46. The van der Waals surface area contributed by atoms with Crippen LogP contribution in [0.1, 0.15) is 37.7 Å². The normalized spacial score (nSPS) is 12.9. The predicted octanol–water partition coefficient (Wildman–Crippen LogP) is 1.40. The summed E-state index contributed by atoms with van der Waals surface area (Å²) >= 11 is 0. The molecule has 7 N–H and O–H groups in total. The Labute approximate surface area is 191 Å². The smallest absolute Gasteiger partial charge is 0.326 e. The first-order valence-electron chi connectivity index (χ1n) is 10.8. The molecule has 0 aliphatic carbocycles. The van der Waals surface area contributed by atoms with Crippen LogP contribution in [0.5, 0.6) is 0 Å². The molecule has 2 atom stereocenters. The van der Waals surface area contributed by atoms with Gasteiger partial charge in [0.25, 0.3) is 0 Å². The third-order valence-electron chi connectivity index (χ3n) is 5.21. The van der Waals surface area contributed by atoms with Crippen LogP contribution in [-0.4, -0.2) is 63.3 Å². The minimum atomic E-state index is -1.70. The number of hydrogen-bond acceptors (Lipinski definition) is 6. The van der Waals surface area contributed by atoms with Crippen LogP contribution >= 0.6 is 0 Å². The molecule has 0 saturated carbocycles. The Morgan fingerprint density at radius 2 is 1.42 bits per heavy atom. The molecule has 0 aliphatic heterocycles. The molecule has 10 nitrogen and oxygen atoms in total. The molecule has 0 fully saturated rings. The van der Waals surface area contributed by atoms with Gasteiger partial charge in [0.1, 0.15) is 12.1 Å². The van der Waals surface area contributed by atoms with E-state index in [4.69, 9.17) is 15.3 Å². The van der Waals surface area contributed by atoms with Crippen molar-refractivity contribution in [2.24, 2.45) is 0 Å². The number of aliphatic carboxylic acids is 2. The van der Waals surface area contributed by atoms with Crippen LogP contribution in [0.3, 0.4) is 0 Å². The largest absolute Gasteiger partial charge is 0.480 e. The lowest BCUT2D eigenvalue weighted by atomic mass is 10.0. The highest BCUT2D eigenvalue weighted by atomic mass is 16.5. The average Bonchev–Trinajstić information content (AvgIpc) is 2.77. The highest BCUT2D eigenvalue weighted by Gasteiger charge is 2.24. The van der Waals surface area contributed by atoms with E-state index in [0.717, 1.165) is 0 Å². The molecule has 33 heavy (non-hydrogen) atoms. The van der Waals surface area contributed by atoms with Crippen LogP contribution in [0.4, 0.5) is 4.79 Å². The van der Waals surface area contributed by atoms with Crippen molar-refractivity contribution in [2.75, 3.05) is 6.54 Å². The van der Waals surface area contributed by atoms with Crippen LogP contribution in [-0.2, 0) is 16.1 Å². The van der Waals surface area contributed by atoms with E-state index in [0.29, 0.717) is 25.9 Å². The summed E-state index contributed by atoms with van der Waals surface area (Å²) in [7, 11) is 0. The van der Waals surface area contributed by atoms with Crippen LogP contribution in [0.15, 0.2) is 42.5 Å². The van der Waals surface area contributed by atoms with E-state index >= 15 is 0 Å². The number of urea groups is 1. The molecule has 0 saturated heterocycles. The van der Waals surface area contributed by atoms with Crippen molar-refractivity contribution in [3.8, 4) is 0 Å². The minimum Gasteiger partial charge on any atom is -0.480 e. The highest BCUT2D eigenvalue weighted by Crippen LogP contribution is 2.18. The zero-order valence-corrected chi connectivity index (χ0v) is 18.2. The van der Waals surface area contributed by atoms with E-state index in [-0.39, 0.29) is 19.3 Å². The van der Waals surface area contributed by atoms with Gasteiger partial charge in [-0.25, -0.2) is 14.4 Å². The van der Waals surface area contributed by atoms with Crippen molar-refractivity contribution >= 4 is 28.7 Å². The summed E-state index contributed by atoms with van der Waals surface area (Å²) in [6.07, 6.45) is -0.724. The summed E-state index contributed by atoms with van der Waals surface area (Å²) in [5.74, 6) is -2.57. The summed E-state index contributed by atoms with van der Waals surface area (Å²) in [5, 5.41) is 46.3. The monoisotopic (exact) mass is 461 g/mol. The fourth-order valence-electron chi connectivity index (χ4n) is 3.46. The molecule has 0 heterocycles. The lowest BCUT2D eigenvalue weighted by molar-refractivity contribution is -0.140. The molecule has 2 aromatic carbocycles. The number of rotatable bonds is 14. The quantitative estimate of drug-likeness (QED) is 0.164. The first-order valence-corrected chi connectivity index (χ1v) is 10.8. The SMILES string of the molecule is O=C(NC(CCC(O)O)C(=O)O)N[C@@H](CCCCNCc1cccc2ccccc12)C(=O)O. The van der Waals surface area contributed by atoms with E-state index < -0.39 is 36.3 Å². The van der Waals surface area contributed by atoms with Crippen molar-refractivity contribution in [3.63, 3.8) is 0 Å². The van der Waals surface area contributed by atoms with Gasteiger partial charge in [-0.2, -0.15) is 0 Å². The Morgan fingerprint density at radius 1 is 0.788 bits per heavy atom. The lowest BCUT2D eigenvalue weighted by Gasteiger charge is -2.19. The summed E-state index contributed by atoms with van der Waals surface area (Å²) in [4.78, 5) is 34.7. The van der Waals surface area contributed by atoms with Gasteiger partial charge in [-0.1, -0.05) is 42.5 Å². The average molecular weight is 462 g/mol. The Kier molecular flexibility index (Phi) is 10.5. The Bertz CT molecular complexity index is 930. The number of fused-ring (bicyclic) bond motifs is 1. The first kappa shape index (κ1) is 26.0. The van der Waals surface area contributed by atoms with Crippen LogP contribution in [0.2, 0.25) is 0 Å². The van der Waals surface area contributed by atoms with Gasteiger partial charge in [-0.05, 0) is 48.6 Å². The van der Waals surface area contributed by atoms with E-state index in [1.807, 2.05) is 18.2 Å². The predicted molar refractivity (Wildman–Crippen MR) is 121 cm³/mol. The number of carbonyl (C=O) groups excluding carboxylic acids is 1. The van der Waals surface area contributed by atoms with E-state index in [2.05, 4.69) is 40.2 Å². The molecular weight excluding hydrogens is 430 g/mol. The Hall–Kier alpha value is -3.21. The summed E-state index contributed by atoms with van der Waals surface area (Å²) in [6.45, 7) is 1.36. The van der Waals surface area contributed by atoms with Crippen molar-refractivity contribution in [3.05, 3.63) is 48.0 Å². The van der Waals surface area contributed by atoms with Crippen LogP contribution < -0.4 is 16.0 Å². The second kappa shape index (κ2) is 13.4. The second-order valence-corrected chi connectivity index (χ2v) is 7.77. The van der Waals surface area contributed by atoms with Gasteiger partial charge < -0.3 is 36.4 Å². The molecule has 1 unspecified atom stereocenters. The number of nitrogens with one attached hydrogen (secondary N) is 3. The molecule has 0 spiro atoms. The number of carboxylic acids is 2. The standard InChI is InChI=1S/C23H31N3O7/c27-20(28)12-11-19(22(31)32)26-23(33)25-18(21(29)30)10-3-4-13-24-14-16-8-5-7-15-6-1-2-9-17(15)16/h1-2,5-9,18-20,24,27-28H,3-4,10-14H2,(H,29,30)(H,31,32)(H2,25,26,33)/t18-,19?/m0/s1. The fraction of sp³-hybridized carbons (Fsp3) is 0.435. The highest BCUT2D eigenvalue weighted by molar-refractivity contribution is 5.86. The molecule has 180 valence electrons. The third kappa shape index (κ3) is 9.05. The van der Waals surface area contributed by atoms with Gasteiger partial charge in [0, 0.05) is 13.0 Å². The van der Waals surface area contributed by atoms with Crippen molar-refractivity contribution in [1.82, 2.24) is 16.0 Å². The number of aliphatic hydroxyl groups is 2. The molecule has 2 rings (SSSR count). The Morgan fingerprint density at radius 3 is 2.09 bits per heavy atom. The van der Waals surface area contributed by atoms with Gasteiger partial charge in [0.15, 0.2) is 6.29 Å². The minimum absolute atomic E-state index is 0.186. The third-order valence-corrected chi connectivity index (χ3v) is 5.21. The molecule has 0 bridgehead atoms. The van der Waals surface area contributed by atoms with Crippen molar-refractivity contribution in [1.29, 1.82) is 0 Å². The molecule has 2 amide bonds. The van der Waals surface area contributed by atoms with Gasteiger partial charge in [-0.3, -0.25) is 0 Å². The molecule has 10 heteroatoms. The van der Waals surface area contributed by atoms with Crippen molar-refractivity contribution < 1.29 is 34.8 Å². The lowest BCUT2D eigenvalue weighted by Crippen LogP contribution is -2.51. The maximum Gasteiger partial charge on any atom is 0.326 e. The molecule has 0 aromatic heterocycles. The maximum absolute atomic E-state index is 12.0. The maximum atomic E-state index is 12.0. The number of benzene rings is 2. The summed E-state index contributed by atoms with van der Waals surface area (Å²) in [6, 6.07) is 10.8. The molecule has 2 aromatic rings. The summed E-state index contributed by atoms with van der Waals surface area (Å²) < 4.78 is 0. The topological polar surface area (TPSA) is 168 Å². The number of amides is 2. The van der Waals surface area contributed by atoms with Crippen molar-refractivity contribution in [2.45, 2.75) is 57.0 Å². The van der Waals surface area contributed by atoms with Crippen LogP contribution in [0.25, 0.3) is 10.8 Å². The van der Waals surface area contributed by atoms with E-state index in [9.17, 15) is 19.5 Å².